The Morgan fingerprint density at radius 3 is 2.78 bits per heavy atom. The van der Waals surface area contributed by atoms with Gasteiger partial charge in [0.05, 0.1) is 12.7 Å². The second-order valence-electron chi connectivity index (χ2n) is 6.72. The van der Waals surface area contributed by atoms with Gasteiger partial charge >= 0.3 is 0 Å². The van der Waals surface area contributed by atoms with E-state index in [1.807, 2.05) is 4.90 Å². The number of anilines is 1. The first-order valence-electron chi connectivity index (χ1n) is 9.06. The number of halogens is 1. The third-order valence-corrected chi connectivity index (χ3v) is 4.82. The van der Waals surface area contributed by atoms with Crippen molar-refractivity contribution in [2.45, 2.75) is 12.8 Å². The van der Waals surface area contributed by atoms with Gasteiger partial charge in [0.25, 0.3) is 5.91 Å². The van der Waals surface area contributed by atoms with Gasteiger partial charge in [0.1, 0.15) is 0 Å². The van der Waals surface area contributed by atoms with Gasteiger partial charge in [-0.1, -0.05) is 12.1 Å². The van der Waals surface area contributed by atoms with E-state index in [1.165, 1.54) is 11.1 Å². The quantitative estimate of drug-likeness (QED) is 0.886. The molecule has 0 unspecified atom stereocenters. The predicted octanol–water partition coefficient (Wildman–Crippen LogP) is 1.45. The Morgan fingerprint density at radius 1 is 1.19 bits per heavy atom. The van der Waals surface area contributed by atoms with Crippen molar-refractivity contribution < 1.29 is 14.0 Å². The summed E-state index contributed by atoms with van der Waals surface area (Å²) in [6.45, 7) is 2.53. The van der Waals surface area contributed by atoms with Crippen molar-refractivity contribution in [1.82, 2.24) is 20.2 Å². The number of carbonyl (C=O) groups is 2. The molecule has 140 valence electrons. The lowest BCUT2D eigenvalue weighted by Gasteiger charge is -2.26. The van der Waals surface area contributed by atoms with E-state index in [2.05, 4.69) is 15.3 Å². The lowest BCUT2D eigenvalue weighted by molar-refractivity contribution is -0.123. The van der Waals surface area contributed by atoms with Crippen molar-refractivity contribution in [2.75, 3.05) is 37.6 Å². The van der Waals surface area contributed by atoms with Crippen molar-refractivity contribution in [3.05, 3.63) is 41.8 Å². The molecule has 0 atom stereocenters. The number of nitrogens with one attached hydrogen (secondary N) is 1. The first-order valence-corrected chi connectivity index (χ1v) is 9.06. The molecule has 2 fully saturated rings. The van der Waals surface area contributed by atoms with E-state index in [0.717, 1.165) is 25.9 Å². The third kappa shape index (κ3) is 3.60. The van der Waals surface area contributed by atoms with Crippen molar-refractivity contribution in [3.63, 3.8) is 0 Å². The number of piperazine rings is 1. The Labute approximate surface area is 156 Å². The summed E-state index contributed by atoms with van der Waals surface area (Å²) < 4.78 is 14.2. The number of hydrogen-bond donors (Lipinski definition) is 1. The van der Waals surface area contributed by atoms with Crippen LogP contribution in [0.1, 0.15) is 23.2 Å². The molecule has 0 saturated carbocycles. The van der Waals surface area contributed by atoms with Crippen molar-refractivity contribution in [3.8, 4) is 11.4 Å². The summed E-state index contributed by atoms with van der Waals surface area (Å²) in [6, 6.07) is 6.93. The maximum Gasteiger partial charge on any atom is 0.254 e. The van der Waals surface area contributed by atoms with Crippen molar-refractivity contribution in [1.29, 1.82) is 0 Å². The number of rotatable bonds is 3. The van der Waals surface area contributed by atoms with Gasteiger partial charge in [0.2, 0.25) is 5.91 Å². The minimum Gasteiger partial charge on any atom is -0.354 e. The largest absolute Gasteiger partial charge is 0.354 e. The van der Waals surface area contributed by atoms with Crippen molar-refractivity contribution >= 4 is 17.6 Å². The van der Waals surface area contributed by atoms with Crippen LogP contribution in [0.5, 0.6) is 0 Å². The monoisotopic (exact) mass is 369 g/mol. The smallest absolute Gasteiger partial charge is 0.254 e. The minimum atomic E-state index is -0.438. The summed E-state index contributed by atoms with van der Waals surface area (Å²) in [7, 11) is 0. The number of carbonyl (C=O) groups excluding carboxylic acids is 2. The lowest BCUT2D eigenvalue weighted by Crippen LogP contribution is -2.49. The molecule has 0 spiro atoms. The van der Waals surface area contributed by atoms with Gasteiger partial charge < -0.3 is 15.1 Å². The molecule has 0 aliphatic carbocycles. The van der Waals surface area contributed by atoms with Gasteiger partial charge in [0, 0.05) is 37.3 Å². The fourth-order valence-corrected chi connectivity index (χ4v) is 3.43. The first-order chi connectivity index (χ1) is 13.1. The van der Waals surface area contributed by atoms with Crippen LogP contribution in [0.3, 0.4) is 0 Å². The summed E-state index contributed by atoms with van der Waals surface area (Å²) in [5.41, 5.74) is 1.10. The van der Waals surface area contributed by atoms with Gasteiger partial charge in [-0.05, 0) is 25.0 Å². The fourth-order valence-electron chi connectivity index (χ4n) is 3.43. The third-order valence-electron chi connectivity index (χ3n) is 4.82. The standard InChI is InChI=1S/C19H20FN5O2/c20-15-11-22-17(23-18(15)24-7-1-2-8-24)13-4-3-5-14(10-13)19(27)25-9-6-21-16(26)12-25/h3-5,10-11H,1-2,6-9,12H2,(H,21,26). The second kappa shape index (κ2) is 7.30. The number of nitrogens with zero attached hydrogens (tertiary/aromatic N) is 4. The summed E-state index contributed by atoms with van der Waals surface area (Å²) in [6.07, 6.45) is 3.22. The molecule has 1 aromatic heterocycles. The fraction of sp³-hybridized carbons (Fsp3) is 0.368. The van der Waals surface area contributed by atoms with Crippen LogP contribution in [-0.2, 0) is 4.79 Å². The molecule has 1 N–H and O–H groups in total. The Balaban J connectivity index is 1.61. The number of amides is 2. The topological polar surface area (TPSA) is 78.4 Å². The normalized spacial score (nSPS) is 17.1. The highest BCUT2D eigenvalue weighted by atomic mass is 19.1. The Kier molecular flexibility index (Phi) is 4.70. The molecular weight excluding hydrogens is 349 g/mol. The van der Waals surface area contributed by atoms with E-state index in [9.17, 15) is 14.0 Å². The van der Waals surface area contributed by atoms with E-state index in [4.69, 9.17) is 0 Å². The molecular formula is C19H20FN5O2. The molecule has 8 heteroatoms. The van der Waals surface area contributed by atoms with Gasteiger partial charge in [-0.3, -0.25) is 9.59 Å². The zero-order valence-electron chi connectivity index (χ0n) is 14.8. The Morgan fingerprint density at radius 2 is 2.00 bits per heavy atom. The molecule has 7 nitrogen and oxygen atoms in total. The van der Waals surface area contributed by atoms with E-state index in [0.29, 0.717) is 35.9 Å². The van der Waals surface area contributed by atoms with Crippen LogP contribution in [0.4, 0.5) is 10.2 Å². The van der Waals surface area contributed by atoms with Crippen LogP contribution >= 0.6 is 0 Å². The maximum atomic E-state index is 14.2. The van der Waals surface area contributed by atoms with Crippen LogP contribution in [-0.4, -0.2) is 59.4 Å². The summed E-state index contributed by atoms with van der Waals surface area (Å²) >= 11 is 0. The zero-order chi connectivity index (χ0) is 18.8. The van der Waals surface area contributed by atoms with E-state index in [-0.39, 0.29) is 18.4 Å². The first kappa shape index (κ1) is 17.4. The minimum absolute atomic E-state index is 0.0508. The molecule has 1 aromatic carbocycles. The van der Waals surface area contributed by atoms with Gasteiger partial charge in [0.15, 0.2) is 17.5 Å². The highest BCUT2D eigenvalue weighted by molar-refractivity contribution is 5.97. The van der Waals surface area contributed by atoms with Gasteiger partial charge in [-0.15, -0.1) is 0 Å². The highest BCUT2D eigenvalue weighted by Crippen LogP contribution is 2.25. The Bertz CT molecular complexity index is 882. The van der Waals surface area contributed by atoms with Crippen LogP contribution in [0, 0.1) is 5.82 Å². The summed E-state index contributed by atoms with van der Waals surface area (Å²) in [5.74, 6) is -0.130. The zero-order valence-corrected chi connectivity index (χ0v) is 14.8. The molecule has 0 bridgehead atoms. The SMILES string of the molecule is O=C1CN(C(=O)c2cccc(-c3ncc(F)c(N4CCCC4)n3)c2)CCN1. The molecule has 4 rings (SSSR count). The summed E-state index contributed by atoms with van der Waals surface area (Å²) in [4.78, 5) is 36.2. The molecule has 0 radical (unpaired) electrons. The molecule has 2 aromatic rings. The van der Waals surface area contributed by atoms with E-state index in [1.54, 1.807) is 24.3 Å². The number of aromatic nitrogens is 2. The lowest BCUT2D eigenvalue weighted by atomic mass is 10.1. The van der Waals surface area contributed by atoms with Crippen LogP contribution < -0.4 is 10.2 Å². The average molecular weight is 369 g/mol. The number of hydrogen-bond acceptors (Lipinski definition) is 5. The van der Waals surface area contributed by atoms with Crippen LogP contribution in [0.2, 0.25) is 0 Å². The molecule has 2 amide bonds. The van der Waals surface area contributed by atoms with E-state index >= 15 is 0 Å². The Hall–Kier alpha value is -3.03. The molecule has 2 aliphatic rings. The molecule has 27 heavy (non-hydrogen) atoms. The van der Waals surface area contributed by atoms with Crippen LogP contribution in [0.15, 0.2) is 30.5 Å². The maximum absolute atomic E-state index is 14.2. The highest BCUT2D eigenvalue weighted by Gasteiger charge is 2.23. The van der Waals surface area contributed by atoms with Gasteiger partial charge in [-0.25, -0.2) is 14.4 Å². The molecule has 3 heterocycles. The average Bonchev–Trinajstić information content (AvgIpc) is 3.22. The van der Waals surface area contributed by atoms with Crippen molar-refractivity contribution in [2.24, 2.45) is 0 Å². The molecule has 2 saturated heterocycles. The molecule has 2 aliphatic heterocycles. The van der Waals surface area contributed by atoms with Crippen LogP contribution in [0.25, 0.3) is 11.4 Å². The summed E-state index contributed by atoms with van der Waals surface area (Å²) in [5, 5.41) is 2.70. The second-order valence-corrected chi connectivity index (χ2v) is 6.72. The van der Waals surface area contributed by atoms with Gasteiger partial charge in [-0.2, -0.15) is 0 Å². The number of benzene rings is 1. The predicted molar refractivity (Wildman–Crippen MR) is 97.8 cm³/mol. The van der Waals surface area contributed by atoms with E-state index < -0.39 is 5.82 Å².